The van der Waals surface area contributed by atoms with E-state index in [1.807, 2.05) is 18.2 Å². The number of aliphatic imine (C=N–C) groups is 1. The van der Waals surface area contributed by atoms with Gasteiger partial charge < -0.3 is 16.0 Å². The van der Waals surface area contributed by atoms with Crippen LogP contribution in [-0.2, 0) is 6.42 Å². The van der Waals surface area contributed by atoms with Crippen molar-refractivity contribution in [1.29, 1.82) is 0 Å². The van der Waals surface area contributed by atoms with Gasteiger partial charge in [-0.2, -0.15) is 0 Å². The van der Waals surface area contributed by atoms with Crippen molar-refractivity contribution in [3.8, 4) is 0 Å². The highest BCUT2D eigenvalue weighted by Crippen LogP contribution is 2.14. The summed E-state index contributed by atoms with van der Waals surface area (Å²) in [7, 11) is 0. The van der Waals surface area contributed by atoms with Gasteiger partial charge in [0.2, 0.25) is 0 Å². The molecule has 2 aromatic rings. The maximum absolute atomic E-state index is 5.93. The maximum atomic E-state index is 5.93. The molecule has 0 radical (unpaired) electrons. The SMILES string of the molecule is CCN(CCNC(N)=NCCc1ccccn1)c1cccc(C)c1. The summed E-state index contributed by atoms with van der Waals surface area (Å²) >= 11 is 0. The van der Waals surface area contributed by atoms with E-state index in [2.05, 4.69) is 58.3 Å². The number of anilines is 1. The molecule has 1 aromatic carbocycles. The molecule has 24 heavy (non-hydrogen) atoms. The van der Waals surface area contributed by atoms with Gasteiger partial charge in [-0.3, -0.25) is 9.98 Å². The second-order valence-electron chi connectivity index (χ2n) is 5.68. The molecule has 5 nitrogen and oxygen atoms in total. The minimum Gasteiger partial charge on any atom is -0.370 e. The standard InChI is InChI=1S/C19H27N5/c1-3-24(18-9-6-7-16(2)15-18)14-13-23-19(20)22-12-10-17-8-4-5-11-21-17/h4-9,11,15H,3,10,12-14H2,1-2H3,(H3,20,22,23). The lowest BCUT2D eigenvalue weighted by Crippen LogP contribution is -2.38. The molecule has 0 atom stereocenters. The Bertz CT molecular complexity index is 639. The number of nitrogens with two attached hydrogens (primary N) is 1. The summed E-state index contributed by atoms with van der Waals surface area (Å²) in [5.74, 6) is 0.492. The molecule has 3 N–H and O–H groups in total. The van der Waals surface area contributed by atoms with Crippen LogP contribution in [-0.4, -0.2) is 37.1 Å². The fourth-order valence-electron chi connectivity index (χ4n) is 2.51. The zero-order chi connectivity index (χ0) is 17.2. The lowest BCUT2D eigenvalue weighted by molar-refractivity contribution is 0.769. The van der Waals surface area contributed by atoms with E-state index in [4.69, 9.17) is 5.73 Å². The van der Waals surface area contributed by atoms with Crippen LogP contribution in [0.3, 0.4) is 0 Å². The molecule has 0 aliphatic carbocycles. The van der Waals surface area contributed by atoms with Crippen molar-refractivity contribution >= 4 is 11.6 Å². The minimum atomic E-state index is 0.492. The average Bonchev–Trinajstić information content (AvgIpc) is 2.60. The number of hydrogen-bond acceptors (Lipinski definition) is 3. The zero-order valence-electron chi connectivity index (χ0n) is 14.6. The lowest BCUT2D eigenvalue weighted by atomic mass is 10.2. The van der Waals surface area contributed by atoms with Crippen LogP contribution in [0.4, 0.5) is 5.69 Å². The second kappa shape index (κ2) is 9.55. The fourth-order valence-corrected chi connectivity index (χ4v) is 2.51. The Morgan fingerprint density at radius 3 is 2.83 bits per heavy atom. The summed E-state index contributed by atoms with van der Waals surface area (Å²) in [6.45, 7) is 7.53. The van der Waals surface area contributed by atoms with Gasteiger partial charge in [0.25, 0.3) is 0 Å². The van der Waals surface area contributed by atoms with Crippen molar-refractivity contribution in [2.45, 2.75) is 20.3 Å². The molecule has 1 aromatic heterocycles. The van der Waals surface area contributed by atoms with Gasteiger partial charge in [0.15, 0.2) is 5.96 Å². The van der Waals surface area contributed by atoms with Crippen LogP contribution in [0, 0.1) is 6.92 Å². The van der Waals surface area contributed by atoms with Gasteiger partial charge in [-0.25, -0.2) is 0 Å². The van der Waals surface area contributed by atoms with Crippen molar-refractivity contribution in [2.24, 2.45) is 10.7 Å². The molecule has 0 amide bonds. The van der Waals surface area contributed by atoms with Crippen LogP contribution >= 0.6 is 0 Å². The molecule has 0 spiro atoms. The van der Waals surface area contributed by atoms with E-state index in [1.165, 1.54) is 11.3 Å². The van der Waals surface area contributed by atoms with Crippen molar-refractivity contribution in [3.05, 3.63) is 59.9 Å². The number of hydrogen-bond donors (Lipinski definition) is 2. The first kappa shape index (κ1) is 17.8. The number of nitrogens with one attached hydrogen (secondary N) is 1. The number of benzene rings is 1. The van der Waals surface area contributed by atoms with Crippen LogP contribution in [0.5, 0.6) is 0 Å². The molecule has 0 bridgehead atoms. The highest BCUT2D eigenvalue weighted by Gasteiger charge is 2.04. The molecule has 0 saturated carbocycles. The molecule has 5 heteroatoms. The van der Waals surface area contributed by atoms with Crippen molar-refractivity contribution in [2.75, 3.05) is 31.1 Å². The molecule has 0 aliphatic rings. The maximum Gasteiger partial charge on any atom is 0.188 e. The van der Waals surface area contributed by atoms with Crippen LogP contribution < -0.4 is 16.0 Å². The van der Waals surface area contributed by atoms with E-state index in [0.29, 0.717) is 12.5 Å². The molecule has 2 rings (SSSR count). The predicted octanol–water partition coefficient (Wildman–Crippen LogP) is 2.36. The fraction of sp³-hybridized carbons (Fsp3) is 0.368. The third-order valence-corrected chi connectivity index (χ3v) is 3.81. The summed E-state index contributed by atoms with van der Waals surface area (Å²) in [4.78, 5) is 10.9. The highest BCUT2D eigenvalue weighted by atomic mass is 15.2. The number of nitrogens with zero attached hydrogens (tertiary/aromatic N) is 3. The smallest absolute Gasteiger partial charge is 0.188 e. The quantitative estimate of drug-likeness (QED) is 0.577. The molecular weight excluding hydrogens is 298 g/mol. The molecule has 0 saturated heterocycles. The van der Waals surface area contributed by atoms with Crippen molar-refractivity contribution in [1.82, 2.24) is 10.3 Å². The van der Waals surface area contributed by atoms with E-state index in [-0.39, 0.29) is 0 Å². The second-order valence-corrected chi connectivity index (χ2v) is 5.68. The van der Waals surface area contributed by atoms with Gasteiger partial charge in [0, 0.05) is 50.2 Å². The Hall–Kier alpha value is -2.56. The number of pyridine rings is 1. The van der Waals surface area contributed by atoms with Crippen LogP contribution in [0.15, 0.2) is 53.7 Å². The van der Waals surface area contributed by atoms with Gasteiger partial charge in [-0.15, -0.1) is 0 Å². The van der Waals surface area contributed by atoms with Gasteiger partial charge in [0.1, 0.15) is 0 Å². The van der Waals surface area contributed by atoms with E-state index < -0.39 is 0 Å². The topological polar surface area (TPSA) is 66.5 Å². The highest BCUT2D eigenvalue weighted by molar-refractivity contribution is 5.77. The van der Waals surface area contributed by atoms with Gasteiger partial charge in [0.05, 0.1) is 0 Å². The van der Waals surface area contributed by atoms with E-state index in [9.17, 15) is 0 Å². The number of likely N-dealkylation sites (N-methyl/N-ethyl adjacent to an activating group) is 1. The normalized spacial score (nSPS) is 11.3. The number of aromatic nitrogens is 1. The minimum absolute atomic E-state index is 0.492. The first-order chi connectivity index (χ1) is 11.7. The number of aryl methyl sites for hydroxylation is 1. The summed E-state index contributed by atoms with van der Waals surface area (Å²) in [5, 5.41) is 3.18. The van der Waals surface area contributed by atoms with Crippen LogP contribution in [0.1, 0.15) is 18.2 Å². The monoisotopic (exact) mass is 325 g/mol. The van der Waals surface area contributed by atoms with Gasteiger partial charge in [-0.05, 0) is 43.7 Å². The summed E-state index contributed by atoms with van der Waals surface area (Å²) in [6.07, 6.45) is 2.60. The van der Waals surface area contributed by atoms with E-state index in [1.54, 1.807) is 6.20 Å². The Morgan fingerprint density at radius 2 is 2.12 bits per heavy atom. The van der Waals surface area contributed by atoms with E-state index >= 15 is 0 Å². The third kappa shape index (κ3) is 5.91. The molecule has 0 fully saturated rings. The van der Waals surface area contributed by atoms with Crippen molar-refractivity contribution in [3.63, 3.8) is 0 Å². The summed E-state index contributed by atoms with van der Waals surface area (Å²) < 4.78 is 0. The van der Waals surface area contributed by atoms with E-state index in [0.717, 1.165) is 31.7 Å². The Balaban J connectivity index is 1.74. The Morgan fingerprint density at radius 1 is 1.25 bits per heavy atom. The van der Waals surface area contributed by atoms with Gasteiger partial charge >= 0.3 is 0 Å². The number of guanidine groups is 1. The molecule has 1 heterocycles. The van der Waals surface area contributed by atoms with Crippen LogP contribution in [0.25, 0.3) is 0 Å². The largest absolute Gasteiger partial charge is 0.370 e. The third-order valence-electron chi connectivity index (χ3n) is 3.81. The first-order valence-electron chi connectivity index (χ1n) is 8.44. The Labute approximate surface area is 144 Å². The van der Waals surface area contributed by atoms with Gasteiger partial charge in [-0.1, -0.05) is 18.2 Å². The zero-order valence-corrected chi connectivity index (χ0v) is 14.6. The molecule has 128 valence electrons. The number of rotatable bonds is 8. The molecule has 0 unspecified atom stereocenters. The Kier molecular flexibility index (Phi) is 7.08. The first-order valence-corrected chi connectivity index (χ1v) is 8.44. The summed E-state index contributed by atoms with van der Waals surface area (Å²) in [6, 6.07) is 14.4. The predicted molar refractivity (Wildman–Crippen MR) is 101 cm³/mol. The summed E-state index contributed by atoms with van der Waals surface area (Å²) in [5.41, 5.74) is 9.47. The average molecular weight is 325 g/mol. The lowest BCUT2D eigenvalue weighted by Gasteiger charge is -2.23. The molecular formula is C19H27N5. The van der Waals surface area contributed by atoms with Crippen molar-refractivity contribution < 1.29 is 0 Å². The molecule has 0 aliphatic heterocycles. The van der Waals surface area contributed by atoms with Crippen LogP contribution in [0.2, 0.25) is 0 Å².